The summed E-state index contributed by atoms with van der Waals surface area (Å²) in [5.74, 6) is -1.03. The minimum atomic E-state index is -1.03. The van der Waals surface area contributed by atoms with Crippen molar-refractivity contribution >= 4 is 12.0 Å². The molecule has 94 valence electrons. The van der Waals surface area contributed by atoms with Crippen LogP contribution in [-0.4, -0.2) is 56.6 Å². The van der Waals surface area contributed by atoms with Gasteiger partial charge in [0.25, 0.3) is 0 Å². The second-order valence-electron chi connectivity index (χ2n) is 2.83. The number of carboxylic acid groups (broad SMARTS) is 1. The molecule has 7 heteroatoms. The first kappa shape index (κ1) is 14.7. The Morgan fingerprint density at radius 2 is 1.69 bits per heavy atom. The molecule has 0 saturated carbocycles. The standard InChI is InChI=1S/C9H18N2O5/c1-2-15-5-3-10-9(14)11-4-6-16-7-8(12)13/h2-7H2,1H3,(H,12,13)(H2,10,11,14). The molecular weight excluding hydrogens is 216 g/mol. The number of carboxylic acids is 1. The Bertz CT molecular complexity index is 210. The van der Waals surface area contributed by atoms with Gasteiger partial charge in [0.1, 0.15) is 6.61 Å². The van der Waals surface area contributed by atoms with E-state index in [9.17, 15) is 9.59 Å². The van der Waals surface area contributed by atoms with Crippen LogP contribution in [0.1, 0.15) is 6.92 Å². The summed E-state index contributed by atoms with van der Waals surface area (Å²) in [6.45, 7) is 3.49. The maximum Gasteiger partial charge on any atom is 0.329 e. The molecule has 0 unspecified atom stereocenters. The zero-order valence-corrected chi connectivity index (χ0v) is 9.32. The van der Waals surface area contributed by atoms with E-state index in [-0.39, 0.29) is 25.8 Å². The zero-order chi connectivity index (χ0) is 12.2. The Morgan fingerprint density at radius 3 is 2.19 bits per heavy atom. The number of hydrogen-bond donors (Lipinski definition) is 3. The second-order valence-corrected chi connectivity index (χ2v) is 2.83. The largest absolute Gasteiger partial charge is 0.480 e. The molecule has 16 heavy (non-hydrogen) atoms. The zero-order valence-electron chi connectivity index (χ0n) is 9.32. The maximum absolute atomic E-state index is 11.1. The van der Waals surface area contributed by atoms with Crippen LogP contribution < -0.4 is 10.6 Å². The van der Waals surface area contributed by atoms with E-state index in [0.717, 1.165) is 0 Å². The van der Waals surface area contributed by atoms with Gasteiger partial charge in [-0.05, 0) is 6.92 Å². The minimum absolute atomic E-state index is 0.172. The third kappa shape index (κ3) is 10.7. The van der Waals surface area contributed by atoms with E-state index >= 15 is 0 Å². The van der Waals surface area contributed by atoms with Crippen LogP contribution in [0.2, 0.25) is 0 Å². The van der Waals surface area contributed by atoms with Gasteiger partial charge >= 0.3 is 12.0 Å². The second kappa shape index (κ2) is 10.2. The third-order valence-electron chi connectivity index (χ3n) is 1.49. The molecule has 0 spiro atoms. The minimum Gasteiger partial charge on any atom is -0.480 e. The lowest BCUT2D eigenvalue weighted by Crippen LogP contribution is -2.39. The highest BCUT2D eigenvalue weighted by Crippen LogP contribution is 1.75. The molecule has 0 saturated heterocycles. The van der Waals surface area contributed by atoms with Gasteiger partial charge < -0.3 is 25.2 Å². The molecule has 7 nitrogen and oxygen atoms in total. The van der Waals surface area contributed by atoms with Crippen LogP contribution in [-0.2, 0) is 14.3 Å². The van der Waals surface area contributed by atoms with Crippen LogP contribution in [0.25, 0.3) is 0 Å². The maximum atomic E-state index is 11.1. The number of nitrogens with one attached hydrogen (secondary N) is 2. The van der Waals surface area contributed by atoms with Crippen molar-refractivity contribution in [1.29, 1.82) is 0 Å². The molecule has 0 bridgehead atoms. The summed E-state index contributed by atoms with van der Waals surface area (Å²) in [6, 6.07) is -0.321. The molecule has 0 aliphatic carbocycles. The molecule has 0 heterocycles. The Labute approximate surface area is 94.1 Å². The van der Waals surface area contributed by atoms with Crippen molar-refractivity contribution in [2.24, 2.45) is 0 Å². The lowest BCUT2D eigenvalue weighted by atomic mass is 10.6. The number of urea groups is 1. The highest BCUT2D eigenvalue weighted by Gasteiger charge is 1.99. The first-order valence-electron chi connectivity index (χ1n) is 5.05. The SMILES string of the molecule is CCOCCNC(=O)NCCOCC(=O)O. The van der Waals surface area contributed by atoms with Gasteiger partial charge in [-0.25, -0.2) is 9.59 Å². The molecule has 2 amide bonds. The van der Waals surface area contributed by atoms with Gasteiger partial charge in [-0.15, -0.1) is 0 Å². The number of aliphatic carboxylic acids is 1. The van der Waals surface area contributed by atoms with E-state index in [0.29, 0.717) is 19.8 Å². The summed E-state index contributed by atoms with van der Waals surface area (Å²) in [7, 11) is 0. The van der Waals surface area contributed by atoms with Gasteiger partial charge in [-0.2, -0.15) is 0 Å². The Hall–Kier alpha value is -1.34. The Balaban J connectivity index is 3.20. The molecule has 3 N–H and O–H groups in total. The van der Waals surface area contributed by atoms with Crippen molar-refractivity contribution in [3.8, 4) is 0 Å². The van der Waals surface area contributed by atoms with Crippen molar-refractivity contribution in [2.75, 3.05) is 39.5 Å². The smallest absolute Gasteiger partial charge is 0.329 e. The average Bonchev–Trinajstić information content (AvgIpc) is 2.23. The van der Waals surface area contributed by atoms with Crippen LogP contribution >= 0.6 is 0 Å². The number of hydrogen-bond acceptors (Lipinski definition) is 4. The van der Waals surface area contributed by atoms with Crippen molar-refractivity contribution in [3.05, 3.63) is 0 Å². The van der Waals surface area contributed by atoms with E-state index in [1.807, 2.05) is 6.92 Å². The van der Waals surface area contributed by atoms with Gasteiger partial charge in [0.2, 0.25) is 0 Å². The summed E-state index contributed by atoms with van der Waals surface area (Å²) in [6.07, 6.45) is 0. The van der Waals surface area contributed by atoms with Gasteiger partial charge in [0, 0.05) is 19.7 Å². The fraction of sp³-hybridized carbons (Fsp3) is 0.778. The molecule has 0 radical (unpaired) electrons. The molecule has 0 aromatic heterocycles. The van der Waals surface area contributed by atoms with Crippen molar-refractivity contribution in [1.82, 2.24) is 10.6 Å². The highest BCUT2D eigenvalue weighted by molar-refractivity contribution is 5.73. The van der Waals surface area contributed by atoms with Gasteiger partial charge in [-0.1, -0.05) is 0 Å². The fourth-order valence-corrected chi connectivity index (χ4v) is 0.840. The first-order valence-corrected chi connectivity index (χ1v) is 5.05. The lowest BCUT2D eigenvalue weighted by molar-refractivity contribution is -0.142. The van der Waals surface area contributed by atoms with E-state index in [4.69, 9.17) is 14.6 Å². The van der Waals surface area contributed by atoms with Crippen LogP contribution in [0.5, 0.6) is 0 Å². The predicted octanol–water partition coefficient (Wildman–Crippen LogP) is -0.577. The fourth-order valence-electron chi connectivity index (χ4n) is 0.840. The summed E-state index contributed by atoms with van der Waals surface area (Å²) in [5, 5.41) is 13.3. The van der Waals surface area contributed by atoms with Crippen molar-refractivity contribution in [3.63, 3.8) is 0 Å². The van der Waals surface area contributed by atoms with Crippen molar-refractivity contribution in [2.45, 2.75) is 6.92 Å². The summed E-state index contributed by atoms with van der Waals surface area (Å²) in [4.78, 5) is 21.1. The molecule has 0 aromatic carbocycles. The molecule has 0 aliphatic rings. The van der Waals surface area contributed by atoms with Crippen LogP contribution in [0.3, 0.4) is 0 Å². The van der Waals surface area contributed by atoms with Crippen LogP contribution in [0, 0.1) is 0 Å². The summed E-state index contributed by atoms with van der Waals surface area (Å²) < 4.78 is 9.74. The monoisotopic (exact) mass is 234 g/mol. The molecule has 0 rings (SSSR count). The molecule has 0 aliphatic heterocycles. The molecule has 0 fully saturated rings. The highest BCUT2D eigenvalue weighted by atomic mass is 16.5. The summed E-state index contributed by atoms with van der Waals surface area (Å²) >= 11 is 0. The number of carbonyl (C=O) groups excluding carboxylic acids is 1. The third-order valence-corrected chi connectivity index (χ3v) is 1.49. The molecule has 0 aromatic rings. The van der Waals surface area contributed by atoms with E-state index in [1.54, 1.807) is 0 Å². The van der Waals surface area contributed by atoms with E-state index in [2.05, 4.69) is 10.6 Å². The van der Waals surface area contributed by atoms with E-state index in [1.165, 1.54) is 0 Å². The quantitative estimate of drug-likeness (QED) is 0.464. The van der Waals surface area contributed by atoms with Crippen LogP contribution in [0.4, 0.5) is 4.79 Å². The average molecular weight is 234 g/mol. The normalized spacial score (nSPS) is 9.81. The molecular formula is C9H18N2O5. The van der Waals surface area contributed by atoms with Crippen LogP contribution in [0.15, 0.2) is 0 Å². The van der Waals surface area contributed by atoms with Gasteiger partial charge in [-0.3, -0.25) is 0 Å². The Kier molecular flexibility index (Phi) is 9.33. The molecule has 0 atom stereocenters. The van der Waals surface area contributed by atoms with Gasteiger partial charge in [0.15, 0.2) is 0 Å². The first-order chi connectivity index (χ1) is 7.66. The number of rotatable bonds is 9. The topological polar surface area (TPSA) is 96.9 Å². The number of amides is 2. The Morgan fingerprint density at radius 1 is 1.12 bits per heavy atom. The summed E-state index contributed by atoms with van der Waals surface area (Å²) in [5.41, 5.74) is 0. The predicted molar refractivity (Wildman–Crippen MR) is 56.3 cm³/mol. The number of carbonyl (C=O) groups is 2. The van der Waals surface area contributed by atoms with Gasteiger partial charge in [0.05, 0.1) is 13.2 Å². The lowest BCUT2D eigenvalue weighted by Gasteiger charge is -2.07. The number of ether oxygens (including phenoxy) is 2. The van der Waals surface area contributed by atoms with E-state index < -0.39 is 5.97 Å². The van der Waals surface area contributed by atoms with Crippen molar-refractivity contribution < 1.29 is 24.2 Å².